The topological polar surface area (TPSA) is 100 Å². The predicted octanol–water partition coefficient (Wildman–Crippen LogP) is 3.92. The van der Waals surface area contributed by atoms with Crippen molar-refractivity contribution < 1.29 is 18.0 Å². The van der Waals surface area contributed by atoms with Crippen molar-refractivity contribution in [2.75, 3.05) is 35.6 Å². The van der Waals surface area contributed by atoms with Crippen molar-refractivity contribution in [2.45, 2.75) is 44.9 Å². The second-order valence-electron chi connectivity index (χ2n) is 9.20. The molecule has 3 aromatic rings. The lowest BCUT2D eigenvalue weighted by atomic mass is 10.0. The third-order valence-electron chi connectivity index (χ3n) is 6.79. The number of pyridine rings is 1. The van der Waals surface area contributed by atoms with E-state index in [1.165, 1.54) is 6.07 Å². The number of anilines is 3. The fourth-order valence-electron chi connectivity index (χ4n) is 4.91. The molecule has 2 aliphatic rings. The number of benzene rings is 1. The van der Waals surface area contributed by atoms with Gasteiger partial charge in [-0.1, -0.05) is 0 Å². The van der Waals surface area contributed by atoms with E-state index in [0.717, 1.165) is 36.2 Å². The van der Waals surface area contributed by atoms with Gasteiger partial charge in [0.15, 0.2) is 5.82 Å². The number of aromatic nitrogens is 3. The normalized spacial score (nSPS) is 19.2. The Morgan fingerprint density at radius 3 is 2.74 bits per heavy atom. The number of halogens is 3. The van der Waals surface area contributed by atoms with E-state index in [9.17, 15) is 18.0 Å². The molecule has 0 saturated carbocycles. The van der Waals surface area contributed by atoms with E-state index in [0.29, 0.717) is 42.1 Å². The minimum absolute atomic E-state index is 0.0387. The molecule has 184 valence electrons. The van der Waals surface area contributed by atoms with Crippen molar-refractivity contribution in [1.82, 2.24) is 20.1 Å². The fraction of sp³-hybridized carbons (Fsp3) is 0.417. The molecule has 0 aliphatic carbocycles. The monoisotopic (exact) mass is 485 g/mol. The third kappa shape index (κ3) is 4.42. The van der Waals surface area contributed by atoms with Gasteiger partial charge in [-0.05, 0) is 50.1 Å². The SMILES string of the molecule is Cc1nnc(N[C@H](C)c2cc(N)cc(C(F)(F)F)c2)c2cc(N3CCN4C(=O)CC[C@@H]4C3)cnc12. The van der Waals surface area contributed by atoms with Crippen molar-refractivity contribution in [1.29, 1.82) is 0 Å². The summed E-state index contributed by atoms with van der Waals surface area (Å²) in [6, 6.07) is 5.19. The van der Waals surface area contributed by atoms with E-state index >= 15 is 0 Å². The van der Waals surface area contributed by atoms with E-state index in [2.05, 4.69) is 25.4 Å². The lowest BCUT2D eigenvalue weighted by Gasteiger charge is -2.38. The Balaban J connectivity index is 1.45. The second kappa shape index (κ2) is 8.54. The molecular formula is C24H26F3N7O. The highest BCUT2D eigenvalue weighted by Gasteiger charge is 2.36. The fourth-order valence-corrected chi connectivity index (χ4v) is 4.91. The number of piperazine rings is 1. The van der Waals surface area contributed by atoms with Crippen LogP contribution in [-0.2, 0) is 11.0 Å². The summed E-state index contributed by atoms with van der Waals surface area (Å²) in [4.78, 5) is 20.8. The first-order valence-corrected chi connectivity index (χ1v) is 11.5. The summed E-state index contributed by atoms with van der Waals surface area (Å²) in [5.74, 6) is 0.644. The number of aryl methyl sites for hydroxylation is 1. The molecule has 3 N–H and O–H groups in total. The molecule has 2 aromatic heterocycles. The highest BCUT2D eigenvalue weighted by molar-refractivity contribution is 5.92. The number of carbonyl (C=O) groups excluding carboxylic acids is 1. The van der Waals surface area contributed by atoms with Crippen LogP contribution in [0.5, 0.6) is 0 Å². The molecule has 2 fully saturated rings. The number of carbonyl (C=O) groups is 1. The van der Waals surface area contributed by atoms with Crippen LogP contribution in [0, 0.1) is 6.92 Å². The highest BCUT2D eigenvalue weighted by Crippen LogP contribution is 2.35. The molecule has 0 radical (unpaired) electrons. The Hall–Kier alpha value is -3.63. The maximum absolute atomic E-state index is 13.3. The van der Waals surface area contributed by atoms with Crippen molar-refractivity contribution in [3.63, 3.8) is 0 Å². The van der Waals surface area contributed by atoms with Gasteiger partial charge in [-0.25, -0.2) is 0 Å². The smallest absolute Gasteiger partial charge is 0.399 e. The molecule has 35 heavy (non-hydrogen) atoms. The summed E-state index contributed by atoms with van der Waals surface area (Å²) in [5, 5.41) is 12.4. The maximum Gasteiger partial charge on any atom is 0.416 e. The van der Waals surface area contributed by atoms with Crippen LogP contribution in [-0.4, -0.2) is 51.7 Å². The molecule has 0 spiro atoms. The van der Waals surface area contributed by atoms with E-state index in [-0.39, 0.29) is 17.6 Å². The number of fused-ring (bicyclic) bond motifs is 2. The van der Waals surface area contributed by atoms with E-state index in [1.807, 2.05) is 17.9 Å². The molecule has 2 aliphatic heterocycles. The molecule has 2 atom stereocenters. The summed E-state index contributed by atoms with van der Waals surface area (Å²) in [6.07, 6.45) is -1.25. The molecule has 1 amide bonds. The average molecular weight is 486 g/mol. The summed E-state index contributed by atoms with van der Waals surface area (Å²) in [5.41, 5.74) is 7.60. The summed E-state index contributed by atoms with van der Waals surface area (Å²) < 4.78 is 39.8. The van der Waals surface area contributed by atoms with Gasteiger partial charge in [0, 0.05) is 43.2 Å². The van der Waals surface area contributed by atoms with Crippen LogP contribution in [0.15, 0.2) is 30.5 Å². The molecule has 0 unspecified atom stereocenters. The lowest BCUT2D eigenvalue weighted by molar-refractivity contribution is -0.137. The van der Waals surface area contributed by atoms with Crippen molar-refractivity contribution in [2.24, 2.45) is 0 Å². The number of nitrogens with one attached hydrogen (secondary N) is 1. The zero-order valence-electron chi connectivity index (χ0n) is 19.4. The van der Waals surface area contributed by atoms with Gasteiger partial charge in [0.25, 0.3) is 0 Å². The Morgan fingerprint density at radius 1 is 1.17 bits per heavy atom. The number of hydrogen-bond donors (Lipinski definition) is 2. The first kappa shape index (κ1) is 23.1. The quantitative estimate of drug-likeness (QED) is 0.541. The molecule has 0 bridgehead atoms. The van der Waals surface area contributed by atoms with Crippen molar-refractivity contribution in [3.05, 3.63) is 47.3 Å². The van der Waals surface area contributed by atoms with Gasteiger partial charge in [-0.15, -0.1) is 5.10 Å². The van der Waals surface area contributed by atoms with Crippen LogP contribution in [0.2, 0.25) is 0 Å². The number of hydrogen-bond acceptors (Lipinski definition) is 7. The van der Waals surface area contributed by atoms with Crippen molar-refractivity contribution in [3.8, 4) is 0 Å². The number of alkyl halides is 3. The van der Waals surface area contributed by atoms with Crippen LogP contribution in [0.3, 0.4) is 0 Å². The van der Waals surface area contributed by atoms with Crippen molar-refractivity contribution >= 4 is 34.0 Å². The lowest BCUT2D eigenvalue weighted by Crippen LogP contribution is -2.51. The highest BCUT2D eigenvalue weighted by atomic mass is 19.4. The Morgan fingerprint density at radius 2 is 1.97 bits per heavy atom. The van der Waals surface area contributed by atoms with Crippen LogP contribution in [0.4, 0.5) is 30.4 Å². The third-order valence-corrected chi connectivity index (χ3v) is 6.79. The second-order valence-corrected chi connectivity index (χ2v) is 9.20. The van der Waals surface area contributed by atoms with E-state index < -0.39 is 17.8 Å². The molecule has 5 rings (SSSR count). The molecule has 8 nitrogen and oxygen atoms in total. The van der Waals surface area contributed by atoms with Gasteiger partial charge in [-0.2, -0.15) is 18.3 Å². The minimum Gasteiger partial charge on any atom is -0.399 e. The average Bonchev–Trinajstić information content (AvgIpc) is 3.19. The van der Waals surface area contributed by atoms with E-state index in [1.54, 1.807) is 13.1 Å². The Bertz CT molecular complexity index is 1300. The number of amides is 1. The number of nitrogens with zero attached hydrogens (tertiary/aromatic N) is 5. The summed E-state index contributed by atoms with van der Waals surface area (Å²) in [7, 11) is 0. The standard InChI is InChI=1S/C24H26F3N7O/c1-13(15-7-16(24(25,26)27)9-17(28)8-15)30-23-20-10-19(11-29-22(20)14(2)31-32-23)33-5-6-34-18(12-33)3-4-21(34)35/h7-11,13,18H,3-6,12,28H2,1-2H3,(H,30,32)/t13-,18-/m1/s1. The van der Waals surface area contributed by atoms with Gasteiger partial charge < -0.3 is 20.9 Å². The minimum atomic E-state index is -4.49. The molecule has 11 heteroatoms. The van der Waals surface area contributed by atoms with Crippen LogP contribution >= 0.6 is 0 Å². The molecular weight excluding hydrogens is 459 g/mol. The Kier molecular flexibility index (Phi) is 5.65. The zero-order chi connectivity index (χ0) is 24.9. The van der Waals surface area contributed by atoms with Crippen LogP contribution < -0.4 is 16.0 Å². The summed E-state index contributed by atoms with van der Waals surface area (Å²) in [6.45, 7) is 5.67. The maximum atomic E-state index is 13.3. The largest absolute Gasteiger partial charge is 0.416 e. The number of nitrogen functional groups attached to an aromatic ring is 1. The molecule has 4 heterocycles. The summed E-state index contributed by atoms with van der Waals surface area (Å²) >= 11 is 0. The van der Waals surface area contributed by atoms with E-state index in [4.69, 9.17) is 5.73 Å². The van der Waals surface area contributed by atoms with Gasteiger partial charge in [0.2, 0.25) is 5.91 Å². The first-order valence-electron chi connectivity index (χ1n) is 11.5. The van der Waals surface area contributed by atoms with Crippen LogP contribution in [0.25, 0.3) is 10.9 Å². The van der Waals surface area contributed by atoms with Gasteiger partial charge in [0.1, 0.15) is 0 Å². The predicted molar refractivity (Wildman–Crippen MR) is 127 cm³/mol. The zero-order valence-corrected chi connectivity index (χ0v) is 19.4. The van der Waals surface area contributed by atoms with Crippen LogP contribution in [0.1, 0.15) is 42.6 Å². The van der Waals surface area contributed by atoms with Gasteiger partial charge in [-0.3, -0.25) is 9.78 Å². The first-order chi connectivity index (χ1) is 16.6. The molecule has 1 aromatic carbocycles. The Labute approximate surface area is 200 Å². The van der Waals surface area contributed by atoms with Gasteiger partial charge >= 0.3 is 6.18 Å². The number of rotatable bonds is 4. The molecule has 2 saturated heterocycles. The van der Waals surface area contributed by atoms with Gasteiger partial charge in [0.05, 0.1) is 34.7 Å². The number of nitrogens with two attached hydrogens (primary N) is 1.